The molecule has 0 spiro atoms. The van der Waals surface area contributed by atoms with Crippen LogP contribution in [0.25, 0.3) is 11.2 Å². The Morgan fingerprint density at radius 3 is 2.47 bits per heavy atom. The number of nitriles is 1. The van der Waals surface area contributed by atoms with Crippen LogP contribution in [0.1, 0.15) is 27.2 Å². The molecule has 15 heteroatoms. The number of nitrogen functional groups attached to an aromatic ring is 1. The molecule has 2 aromatic heterocycles. The number of fused-ring (bicyclic) bond motifs is 1. The van der Waals surface area contributed by atoms with Crippen LogP contribution in [0, 0.1) is 16.7 Å². The number of aliphatic hydroxyl groups is 3. The largest absolute Gasteiger partial charge is 0.394 e. The molecule has 0 unspecified atom stereocenters. The third kappa shape index (κ3) is 4.81. The minimum atomic E-state index is -2.01. The van der Waals surface area contributed by atoms with Crippen molar-refractivity contribution >= 4 is 34.3 Å². The van der Waals surface area contributed by atoms with Crippen LogP contribution in [0.5, 0.6) is 0 Å². The lowest BCUT2D eigenvalue weighted by atomic mass is 9.71. The van der Waals surface area contributed by atoms with Gasteiger partial charge in [-0.25, -0.2) is 20.0 Å². The number of nitrogens with one attached hydrogen (secondary N) is 1. The van der Waals surface area contributed by atoms with Crippen molar-refractivity contribution in [3.63, 3.8) is 0 Å². The predicted octanol–water partition coefficient (Wildman–Crippen LogP) is -0.682. The summed E-state index contributed by atoms with van der Waals surface area (Å²) in [5.41, 5.74) is 4.30. The smallest absolute Gasteiger partial charge is 0.250 e. The maximum absolute atomic E-state index is 11.9. The molecule has 0 radical (unpaired) electrons. The number of nitrogens with two attached hydrogens (primary N) is 1. The maximum atomic E-state index is 11.9. The Bertz CT molecular complexity index is 1010. The summed E-state index contributed by atoms with van der Waals surface area (Å²) in [6.07, 6.45) is 0.951. The molecule has 0 aliphatic carbocycles. The van der Waals surface area contributed by atoms with E-state index in [1.165, 1.54) is 12.7 Å². The Hall–Kier alpha value is -1.79. The van der Waals surface area contributed by atoms with Crippen molar-refractivity contribution in [2.75, 3.05) is 18.9 Å². The zero-order valence-electron chi connectivity index (χ0n) is 19.9. The second-order valence-electron chi connectivity index (χ2n) is 9.30. The number of nitrogens with zero attached hydrogens (tertiary/aromatic N) is 5. The fourth-order valence-corrected chi connectivity index (χ4v) is 7.37. The highest BCUT2D eigenvalue weighted by molar-refractivity contribution is 7.42. The van der Waals surface area contributed by atoms with Gasteiger partial charge in [0.05, 0.1) is 19.0 Å². The Balaban J connectivity index is 0.000000440. The number of imidazole rings is 1. The van der Waals surface area contributed by atoms with Crippen LogP contribution in [0.4, 0.5) is 5.82 Å². The first kappa shape index (κ1) is 28.4. The van der Waals surface area contributed by atoms with Crippen LogP contribution in [0.2, 0.25) is 13.1 Å². The molecular weight excluding hydrogens is 481 g/mol. The summed E-state index contributed by atoms with van der Waals surface area (Å²) >= 11 is 0. The highest BCUT2D eigenvalue weighted by Crippen LogP contribution is 2.54. The Kier molecular flexibility index (Phi) is 9.08. The zero-order valence-corrected chi connectivity index (χ0v) is 22.0. The highest BCUT2D eigenvalue weighted by atomic mass is 31.2. The van der Waals surface area contributed by atoms with Gasteiger partial charge in [-0.3, -0.25) is 4.57 Å². The third-order valence-corrected chi connectivity index (χ3v) is 8.90. The van der Waals surface area contributed by atoms with Gasteiger partial charge >= 0.3 is 0 Å². The summed E-state index contributed by atoms with van der Waals surface area (Å²) in [6, 6.07) is 1.85. The molecule has 13 nitrogen and oxygen atoms in total. The lowest BCUT2D eigenvalue weighted by Crippen LogP contribution is -2.69. The van der Waals surface area contributed by atoms with Gasteiger partial charge in [-0.2, -0.15) is 5.26 Å². The van der Waals surface area contributed by atoms with E-state index in [4.69, 9.17) is 25.5 Å². The molecule has 190 valence electrons. The Morgan fingerprint density at radius 1 is 1.32 bits per heavy atom. The molecule has 0 saturated carbocycles. The molecule has 1 aliphatic heterocycles. The molecule has 34 heavy (non-hydrogen) atoms. The van der Waals surface area contributed by atoms with Gasteiger partial charge in [0.15, 0.2) is 16.8 Å². The fourth-order valence-electron chi connectivity index (χ4n) is 4.39. The van der Waals surface area contributed by atoms with E-state index in [1.54, 1.807) is 4.57 Å². The minimum absolute atomic E-state index is 0.228. The summed E-state index contributed by atoms with van der Waals surface area (Å²) in [5, 5.41) is 41.6. The molecular formula is C19H34N7O6PSi. The first-order valence-corrected chi connectivity index (χ1v) is 14.8. The van der Waals surface area contributed by atoms with E-state index in [-0.39, 0.29) is 5.82 Å². The average molecular weight is 516 g/mol. The second kappa shape index (κ2) is 10.9. The minimum Gasteiger partial charge on any atom is -0.394 e. The number of hydrogen-bond acceptors (Lipinski definition) is 12. The normalized spacial score (nSPS) is 27.1. The molecule has 2 aromatic rings. The third-order valence-electron chi connectivity index (χ3n) is 5.97. The van der Waals surface area contributed by atoms with E-state index in [0.29, 0.717) is 24.1 Å². The van der Waals surface area contributed by atoms with Gasteiger partial charge in [0, 0.05) is 13.0 Å². The van der Waals surface area contributed by atoms with Gasteiger partial charge in [0.2, 0.25) is 8.53 Å². The van der Waals surface area contributed by atoms with Gasteiger partial charge in [-0.05, 0) is 5.41 Å². The molecule has 0 bridgehead atoms. The van der Waals surface area contributed by atoms with Crippen molar-refractivity contribution in [1.29, 1.82) is 5.26 Å². The van der Waals surface area contributed by atoms with E-state index in [1.807, 2.05) is 39.9 Å². The molecule has 8 N–H and O–H groups in total. The summed E-state index contributed by atoms with van der Waals surface area (Å²) in [7, 11) is -3.93. The number of ether oxygens (including phenoxy) is 1. The van der Waals surface area contributed by atoms with E-state index in [9.17, 15) is 15.3 Å². The molecule has 1 fully saturated rings. The molecule has 1 saturated heterocycles. The molecule has 1 aliphatic rings. The lowest BCUT2D eigenvalue weighted by Gasteiger charge is -2.51. The van der Waals surface area contributed by atoms with Gasteiger partial charge in [0.25, 0.3) is 0 Å². The van der Waals surface area contributed by atoms with Crippen LogP contribution >= 0.6 is 8.53 Å². The molecule has 0 aromatic carbocycles. The standard InChI is InChI=1S/C16H27N5O4Si.C3H7N2O2P/c1-14(2,3)15(24)11(23)9(6-22)25-16(15,26(4)5)21-8-20-10-12(17)18-7-19-13(10)21;4-2-1-3-5-8(6)7/h7-9,11,22-24,26H,6H2,1-5H3,(H2,17,18,19);5-7H,1,3H2/t9-,11-,15+,16+;/m1./s1. The molecule has 3 rings (SSSR count). The van der Waals surface area contributed by atoms with Crippen molar-refractivity contribution in [2.24, 2.45) is 5.41 Å². The summed E-state index contributed by atoms with van der Waals surface area (Å²) in [5.74, 6) is 0.228. The first-order valence-electron chi connectivity index (χ1n) is 10.7. The van der Waals surface area contributed by atoms with Crippen molar-refractivity contribution in [3.05, 3.63) is 12.7 Å². The zero-order chi connectivity index (χ0) is 25.9. The fraction of sp³-hybridized carbons (Fsp3) is 0.684. The molecule has 0 amide bonds. The highest BCUT2D eigenvalue weighted by Gasteiger charge is 2.71. The Labute approximate surface area is 200 Å². The van der Waals surface area contributed by atoms with Crippen molar-refractivity contribution in [1.82, 2.24) is 24.6 Å². The number of anilines is 1. The van der Waals surface area contributed by atoms with E-state index in [2.05, 4.69) is 20.0 Å². The number of aromatic nitrogens is 4. The number of aliphatic hydroxyl groups excluding tert-OH is 2. The quantitative estimate of drug-likeness (QED) is 0.145. The SMILES string of the molecule is C[SiH](C)[C@@]1(n2cnc3c(N)ncnc32)O[C@H](CO)[C@@H](O)[C@]1(O)C(C)(C)C.N#CCCNP(O)O. The summed E-state index contributed by atoms with van der Waals surface area (Å²) < 4.78 is 7.91. The molecule has 4 atom stereocenters. The van der Waals surface area contributed by atoms with Crippen LogP contribution in [-0.4, -0.2) is 84.4 Å². The maximum Gasteiger partial charge on any atom is 0.250 e. The van der Waals surface area contributed by atoms with Gasteiger partial charge < -0.3 is 35.6 Å². The number of rotatable bonds is 6. The van der Waals surface area contributed by atoms with Crippen LogP contribution < -0.4 is 10.8 Å². The van der Waals surface area contributed by atoms with Gasteiger partial charge in [-0.15, -0.1) is 0 Å². The number of hydrogen-bond donors (Lipinski definition) is 7. The van der Waals surface area contributed by atoms with Crippen LogP contribution in [0.15, 0.2) is 12.7 Å². The van der Waals surface area contributed by atoms with E-state index < -0.39 is 52.5 Å². The average Bonchev–Trinajstić information content (AvgIpc) is 3.28. The lowest BCUT2D eigenvalue weighted by molar-refractivity contribution is -0.195. The van der Waals surface area contributed by atoms with Crippen molar-refractivity contribution in [2.45, 2.75) is 63.4 Å². The second-order valence-corrected chi connectivity index (χ2v) is 13.3. The summed E-state index contributed by atoms with van der Waals surface area (Å²) in [6.45, 7) is 9.48. The van der Waals surface area contributed by atoms with Crippen LogP contribution in [-0.2, 0) is 10.1 Å². The van der Waals surface area contributed by atoms with Crippen molar-refractivity contribution < 1.29 is 29.8 Å². The summed E-state index contributed by atoms with van der Waals surface area (Å²) in [4.78, 5) is 28.9. The monoisotopic (exact) mass is 515 g/mol. The molecule has 3 heterocycles. The van der Waals surface area contributed by atoms with Crippen molar-refractivity contribution in [3.8, 4) is 6.07 Å². The Morgan fingerprint density at radius 2 is 1.97 bits per heavy atom. The topological polar surface area (TPSA) is 216 Å². The predicted molar refractivity (Wildman–Crippen MR) is 129 cm³/mol. The van der Waals surface area contributed by atoms with Gasteiger partial charge in [0.1, 0.15) is 38.4 Å². The van der Waals surface area contributed by atoms with Gasteiger partial charge in [-0.1, -0.05) is 33.9 Å². The first-order chi connectivity index (χ1) is 15.8. The van der Waals surface area contributed by atoms with E-state index in [0.717, 1.165) is 0 Å². The van der Waals surface area contributed by atoms with Crippen LogP contribution in [0.3, 0.4) is 0 Å². The van der Waals surface area contributed by atoms with E-state index >= 15 is 0 Å².